The van der Waals surface area contributed by atoms with Crippen LogP contribution in [0.5, 0.6) is 0 Å². The number of amides is 1. The van der Waals surface area contributed by atoms with Crippen molar-refractivity contribution in [1.82, 2.24) is 10.3 Å². The number of piperidine rings is 1. The van der Waals surface area contributed by atoms with Crippen LogP contribution in [0.3, 0.4) is 0 Å². The molecule has 1 aliphatic carbocycles. The van der Waals surface area contributed by atoms with E-state index in [4.69, 9.17) is 0 Å². The first-order valence-electron chi connectivity index (χ1n) is 9.04. The predicted octanol–water partition coefficient (Wildman–Crippen LogP) is 2.55. The van der Waals surface area contributed by atoms with Gasteiger partial charge in [0.05, 0.1) is 6.10 Å². The van der Waals surface area contributed by atoms with E-state index in [1.165, 1.54) is 18.4 Å². The van der Waals surface area contributed by atoms with Crippen LogP contribution in [0.15, 0.2) is 30.0 Å². The van der Waals surface area contributed by atoms with E-state index in [2.05, 4.69) is 21.3 Å². The van der Waals surface area contributed by atoms with E-state index in [0.717, 1.165) is 43.6 Å². The number of nitrogens with zero attached hydrogens (tertiary/aromatic N) is 2. The molecule has 1 saturated heterocycles. The van der Waals surface area contributed by atoms with Gasteiger partial charge in [0.1, 0.15) is 5.82 Å². The summed E-state index contributed by atoms with van der Waals surface area (Å²) >= 11 is 0. The Bertz CT molecular complexity index is 600. The second-order valence-corrected chi connectivity index (χ2v) is 6.79. The van der Waals surface area contributed by atoms with Crippen LogP contribution in [0, 0.1) is 0 Å². The second kappa shape index (κ2) is 8.29. The maximum atomic E-state index is 12.2. The largest absolute Gasteiger partial charge is 0.391 e. The van der Waals surface area contributed by atoms with Gasteiger partial charge in [0.2, 0.25) is 5.91 Å². The van der Waals surface area contributed by atoms with Crippen LogP contribution in [-0.2, 0) is 11.3 Å². The molecular weight excluding hydrogens is 302 g/mol. The smallest absolute Gasteiger partial charge is 0.224 e. The zero-order chi connectivity index (χ0) is 16.8. The first-order chi connectivity index (χ1) is 11.7. The molecule has 24 heavy (non-hydrogen) atoms. The number of carbonyl (C=O) groups excluding carboxylic acids is 1. The van der Waals surface area contributed by atoms with Crippen molar-refractivity contribution in [1.29, 1.82) is 0 Å². The first kappa shape index (κ1) is 17.0. The highest BCUT2D eigenvalue weighted by atomic mass is 16.3. The van der Waals surface area contributed by atoms with E-state index >= 15 is 0 Å². The lowest BCUT2D eigenvalue weighted by molar-refractivity contribution is -0.120. The Hall–Kier alpha value is -1.88. The van der Waals surface area contributed by atoms with Crippen LogP contribution in [0.25, 0.3) is 0 Å². The molecule has 2 aliphatic rings. The van der Waals surface area contributed by atoms with Crippen LogP contribution < -0.4 is 10.2 Å². The highest BCUT2D eigenvalue weighted by Crippen LogP contribution is 2.22. The Balaban J connectivity index is 1.58. The molecular formula is C19H27N3O2. The van der Waals surface area contributed by atoms with Gasteiger partial charge in [0.15, 0.2) is 0 Å². The van der Waals surface area contributed by atoms with Gasteiger partial charge in [-0.1, -0.05) is 17.7 Å². The second-order valence-electron chi connectivity index (χ2n) is 6.79. The molecule has 2 N–H and O–H groups in total. The normalized spacial score (nSPS) is 21.3. The summed E-state index contributed by atoms with van der Waals surface area (Å²) in [5.74, 6) is 0.963. The highest BCUT2D eigenvalue weighted by Gasteiger charge is 2.21. The fourth-order valence-electron chi connectivity index (χ4n) is 3.53. The molecule has 0 spiro atoms. The molecule has 3 rings (SSSR count). The standard InChI is InChI=1S/C19H27N3O2/c23-17-9-5-11-22(14-17)19-16(8-4-10-20-19)13-21-18(24)12-15-6-2-1-3-7-15/h4,6,8,10,17,23H,1-3,5,7,9,11-14H2,(H,21,24)/t17-/m1/s1. The van der Waals surface area contributed by atoms with Crippen LogP contribution in [0.1, 0.15) is 50.5 Å². The molecule has 0 unspecified atom stereocenters. The Morgan fingerprint density at radius 3 is 3.08 bits per heavy atom. The number of pyridine rings is 1. The molecule has 5 nitrogen and oxygen atoms in total. The summed E-state index contributed by atoms with van der Waals surface area (Å²) in [5, 5.41) is 12.9. The number of rotatable bonds is 5. The van der Waals surface area contributed by atoms with Gasteiger partial charge in [-0.05, 0) is 44.6 Å². The SMILES string of the molecule is O=C(CC1=CCCCC1)NCc1cccnc1N1CCC[C@@H](O)C1. The minimum atomic E-state index is -0.290. The monoisotopic (exact) mass is 329 g/mol. The molecule has 1 amide bonds. The van der Waals surface area contributed by atoms with Crippen molar-refractivity contribution >= 4 is 11.7 Å². The first-order valence-corrected chi connectivity index (χ1v) is 9.04. The summed E-state index contributed by atoms with van der Waals surface area (Å²) in [7, 11) is 0. The quantitative estimate of drug-likeness (QED) is 0.815. The van der Waals surface area contributed by atoms with Gasteiger partial charge in [0, 0.05) is 37.8 Å². The number of hydrogen-bond acceptors (Lipinski definition) is 4. The van der Waals surface area contributed by atoms with Crippen molar-refractivity contribution in [3.63, 3.8) is 0 Å². The molecule has 1 aromatic heterocycles. The number of anilines is 1. The lowest BCUT2D eigenvalue weighted by Crippen LogP contribution is -2.39. The summed E-state index contributed by atoms with van der Waals surface area (Å²) < 4.78 is 0. The molecule has 0 bridgehead atoms. The van der Waals surface area contributed by atoms with E-state index in [0.29, 0.717) is 19.5 Å². The van der Waals surface area contributed by atoms with Gasteiger partial charge in [-0.15, -0.1) is 0 Å². The number of carbonyl (C=O) groups is 1. The third kappa shape index (κ3) is 4.57. The number of hydrogen-bond donors (Lipinski definition) is 2. The van der Waals surface area contributed by atoms with E-state index in [1.54, 1.807) is 6.20 Å². The number of β-amino-alcohol motifs (C(OH)–C–C–N with tert-alkyl or cyclic N) is 1. The minimum absolute atomic E-state index is 0.0802. The molecule has 2 heterocycles. The maximum absolute atomic E-state index is 12.2. The van der Waals surface area contributed by atoms with Crippen molar-refractivity contribution in [2.45, 2.75) is 57.6 Å². The molecule has 1 fully saturated rings. The fourth-order valence-corrected chi connectivity index (χ4v) is 3.53. The maximum Gasteiger partial charge on any atom is 0.224 e. The van der Waals surface area contributed by atoms with Gasteiger partial charge < -0.3 is 15.3 Å². The van der Waals surface area contributed by atoms with Crippen LogP contribution in [0.4, 0.5) is 5.82 Å². The summed E-state index contributed by atoms with van der Waals surface area (Å²) in [6.07, 6.45) is 10.6. The number of nitrogens with one attached hydrogen (secondary N) is 1. The molecule has 1 aromatic rings. The van der Waals surface area contributed by atoms with Crippen LogP contribution >= 0.6 is 0 Å². The fraction of sp³-hybridized carbons (Fsp3) is 0.579. The zero-order valence-corrected chi connectivity index (χ0v) is 14.2. The molecule has 0 radical (unpaired) electrons. The number of aliphatic hydroxyl groups is 1. The molecule has 130 valence electrons. The predicted molar refractivity (Wildman–Crippen MR) is 94.7 cm³/mol. The molecule has 0 aromatic carbocycles. The average Bonchev–Trinajstić information content (AvgIpc) is 2.61. The third-order valence-corrected chi connectivity index (χ3v) is 4.81. The molecule has 1 atom stereocenters. The highest BCUT2D eigenvalue weighted by molar-refractivity contribution is 5.78. The topological polar surface area (TPSA) is 65.5 Å². The van der Waals surface area contributed by atoms with Gasteiger partial charge in [-0.3, -0.25) is 4.79 Å². The van der Waals surface area contributed by atoms with E-state index in [-0.39, 0.29) is 12.0 Å². The Labute approximate surface area is 143 Å². The van der Waals surface area contributed by atoms with Crippen molar-refractivity contribution in [2.24, 2.45) is 0 Å². The van der Waals surface area contributed by atoms with Gasteiger partial charge >= 0.3 is 0 Å². The van der Waals surface area contributed by atoms with E-state index in [9.17, 15) is 9.90 Å². The molecule has 1 aliphatic heterocycles. The van der Waals surface area contributed by atoms with E-state index < -0.39 is 0 Å². The van der Waals surface area contributed by atoms with Crippen molar-refractivity contribution in [3.8, 4) is 0 Å². The van der Waals surface area contributed by atoms with E-state index in [1.807, 2.05) is 12.1 Å². The lowest BCUT2D eigenvalue weighted by Gasteiger charge is -2.32. The van der Waals surface area contributed by atoms with Gasteiger partial charge in [-0.2, -0.15) is 0 Å². The third-order valence-electron chi connectivity index (χ3n) is 4.81. The van der Waals surface area contributed by atoms with Crippen LogP contribution in [0.2, 0.25) is 0 Å². The Morgan fingerprint density at radius 1 is 1.38 bits per heavy atom. The van der Waals surface area contributed by atoms with Crippen molar-refractivity contribution in [2.75, 3.05) is 18.0 Å². The lowest BCUT2D eigenvalue weighted by atomic mass is 9.97. The molecule has 5 heteroatoms. The Kier molecular flexibility index (Phi) is 5.86. The molecule has 0 saturated carbocycles. The average molecular weight is 329 g/mol. The summed E-state index contributed by atoms with van der Waals surface area (Å²) in [6, 6.07) is 3.90. The zero-order valence-electron chi connectivity index (χ0n) is 14.2. The van der Waals surface area contributed by atoms with Crippen LogP contribution in [-0.4, -0.2) is 35.2 Å². The summed E-state index contributed by atoms with van der Waals surface area (Å²) in [5.41, 5.74) is 2.28. The summed E-state index contributed by atoms with van der Waals surface area (Å²) in [4.78, 5) is 18.8. The van der Waals surface area contributed by atoms with Gasteiger partial charge in [0.25, 0.3) is 0 Å². The van der Waals surface area contributed by atoms with Gasteiger partial charge in [-0.25, -0.2) is 4.98 Å². The number of aromatic nitrogens is 1. The number of allylic oxidation sites excluding steroid dienone is 1. The summed E-state index contributed by atoms with van der Waals surface area (Å²) in [6.45, 7) is 2.01. The van der Waals surface area contributed by atoms with Crippen molar-refractivity contribution in [3.05, 3.63) is 35.5 Å². The van der Waals surface area contributed by atoms with Crippen molar-refractivity contribution < 1.29 is 9.90 Å². The Morgan fingerprint density at radius 2 is 2.29 bits per heavy atom. The minimum Gasteiger partial charge on any atom is -0.391 e. The number of aliphatic hydroxyl groups excluding tert-OH is 1.